The summed E-state index contributed by atoms with van der Waals surface area (Å²) in [6.45, 7) is 9.60. The first-order valence-corrected chi connectivity index (χ1v) is 21.0. The number of allylic oxidation sites excluding steroid dienone is 9. The zero-order valence-corrected chi connectivity index (χ0v) is 34.0. The van der Waals surface area contributed by atoms with Gasteiger partial charge < -0.3 is 9.80 Å². The van der Waals surface area contributed by atoms with Gasteiger partial charge in [-0.05, 0) is 148 Å². The molecule has 0 aliphatic heterocycles. The molecule has 0 spiro atoms. The summed E-state index contributed by atoms with van der Waals surface area (Å²) >= 11 is 0. The summed E-state index contributed by atoms with van der Waals surface area (Å²) in [7, 11) is 0. The summed E-state index contributed by atoms with van der Waals surface area (Å²) in [6.07, 6.45) is 18.1. The van der Waals surface area contributed by atoms with Gasteiger partial charge in [-0.15, -0.1) is 0 Å². The number of hydrogen-bond donors (Lipinski definition) is 0. The normalized spacial score (nSPS) is 17.0. The zero-order valence-electron chi connectivity index (χ0n) is 34.0. The fourth-order valence-corrected chi connectivity index (χ4v) is 9.94. The second-order valence-electron chi connectivity index (χ2n) is 17.3. The lowest BCUT2D eigenvalue weighted by molar-refractivity contribution is 0.650. The molecule has 2 nitrogen and oxygen atoms in total. The van der Waals surface area contributed by atoms with E-state index < -0.39 is 0 Å². The molecule has 10 rings (SSSR count). The average Bonchev–Trinajstić information content (AvgIpc) is 3.63. The van der Waals surface area contributed by atoms with Crippen molar-refractivity contribution in [3.63, 3.8) is 0 Å². The number of anilines is 5. The first-order chi connectivity index (χ1) is 28.3. The minimum absolute atomic E-state index is 0.0955. The number of rotatable bonds is 8. The molecule has 0 N–H and O–H groups in total. The summed E-state index contributed by atoms with van der Waals surface area (Å²) in [5, 5.41) is 0. The molecule has 58 heavy (non-hydrogen) atoms. The van der Waals surface area contributed by atoms with Crippen LogP contribution in [0.2, 0.25) is 0 Å². The number of nitrogens with zero attached hydrogens (tertiary/aromatic N) is 2. The molecule has 284 valence electrons. The molecule has 0 amide bonds. The third-order valence-corrected chi connectivity index (χ3v) is 13.0. The minimum atomic E-state index is -0.118. The van der Waals surface area contributed by atoms with Crippen molar-refractivity contribution in [3.05, 3.63) is 221 Å². The summed E-state index contributed by atoms with van der Waals surface area (Å²) in [5.74, 6) is 0. The highest BCUT2D eigenvalue weighted by molar-refractivity contribution is 5.88. The van der Waals surface area contributed by atoms with Gasteiger partial charge in [0.1, 0.15) is 0 Å². The van der Waals surface area contributed by atoms with Gasteiger partial charge in [0.2, 0.25) is 0 Å². The van der Waals surface area contributed by atoms with Crippen molar-refractivity contribution in [1.82, 2.24) is 0 Å². The minimum Gasteiger partial charge on any atom is -0.314 e. The predicted molar refractivity (Wildman–Crippen MR) is 246 cm³/mol. The third-order valence-electron chi connectivity index (χ3n) is 13.0. The third kappa shape index (κ3) is 6.10. The van der Waals surface area contributed by atoms with E-state index >= 15 is 0 Å². The van der Waals surface area contributed by atoms with Crippen molar-refractivity contribution in [1.29, 1.82) is 0 Å². The molecular formula is C56H50N2. The molecular weight excluding hydrogens is 701 g/mol. The van der Waals surface area contributed by atoms with E-state index in [1.807, 2.05) is 0 Å². The maximum absolute atomic E-state index is 2.49. The lowest BCUT2D eigenvalue weighted by Gasteiger charge is -2.30. The van der Waals surface area contributed by atoms with Crippen LogP contribution in [-0.2, 0) is 10.8 Å². The Labute approximate surface area is 344 Å². The van der Waals surface area contributed by atoms with Gasteiger partial charge in [-0.1, -0.05) is 143 Å². The quantitative estimate of drug-likeness (QED) is 0.153. The molecule has 2 heteroatoms. The molecule has 0 bridgehead atoms. The Kier molecular flexibility index (Phi) is 8.82. The molecule has 4 aliphatic rings. The van der Waals surface area contributed by atoms with Crippen LogP contribution in [0.15, 0.2) is 193 Å². The van der Waals surface area contributed by atoms with E-state index in [1.165, 1.54) is 78.4 Å². The molecule has 0 unspecified atom stereocenters. The van der Waals surface area contributed by atoms with Crippen molar-refractivity contribution >= 4 is 40.1 Å². The van der Waals surface area contributed by atoms with Gasteiger partial charge in [0.15, 0.2) is 0 Å². The molecule has 0 saturated heterocycles. The standard InChI is InChI=1S/C56H50N2/c1-55(2)51-35-39(27-31-47(51)49-33-29-45(37-53(49)55)57(41-17-9-5-10-18-41)42-19-11-6-12-20-42)25-26-40-28-32-48-50-34-30-46(38-54(50)56(3,4)52(48)36-40)58(43-21-13-7-14-22-43)44-23-15-8-16-24-44/h5-15,17-23,25-26,28-30,32-38H,16,24,27,31H2,1-4H3/b26-25+. The second-order valence-corrected chi connectivity index (χ2v) is 17.3. The van der Waals surface area contributed by atoms with Crippen molar-refractivity contribution in [2.24, 2.45) is 0 Å². The Morgan fingerprint density at radius 2 is 1.03 bits per heavy atom. The van der Waals surface area contributed by atoms with Gasteiger partial charge in [-0.25, -0.2) is 0 Å². The molecule has 4 aliphatic carbocycles. The second kappa shape index (κ2) is 14.2. The van der Waals surface area contributed by atoms with E-state index in [1.54, 1.807) is 0 Å². The Morgan fingerprint density at radius 1 is 0.483 bits per heavy atom. The van der Waals surface area contributed by atoms with Crippen LogP contribution in [0.1, 0.15) is 81.2 Å². The van der Waals surface area contributed by atoms with E-state index in [-0.39, 0.29) is 10.8 Å². The summed E-state index contributed by atoms with van der Waals surface area (Å²) in [5.41, 5.74) is 21.0. The predicted octanol–water partition coefficient (Wildman–Crippen LogP) is 15.3. The summed E-state index contributed by atoms with van der Waals surface area (Å²) in [6, 6.07) is 53.6. The SMILES string of the molecule is CC1(C)C2=C(CCC(/C=C/c3ccc4c(c3)C(C)(C)c3cc(N(C5=CC=CCC5)c5ccccc5)ccc3-4)=C2)c2ccc(N(c3ccccc3)c3ccccc3)cc21. The molecule has 0 radical (unpaired) electrons. The molecule has 0 fully saturated rings. The van der Waals surface area contributed by atoms with E-state index in [4.69, 9.17) is 0 Å². The number of hydrogen-bond acceptors (Lipinski definition) is 2. The maximum Gasteiger partial charge on any atom is 0.0465 e. The zero-order chi connectivity index (χ0) is 39.4. The van der Waals surface area contributed by atoms with Crippen LogP contribution >= 0.6 is 0 Å². The van der Waals surface area contributed by atoms with Gasteiger partial charge in [0.25, 0.3) is 0 Å². The van der Waals surface area contributed by atoms with Gasteiger partial charge in [0, 0.05) is 45.0 Å². The Hall–Kier alpha value is -6.38. The fourth-order valence-electron chi connectivity index (χ4n) is 9.94. The molecule has 0 saturated carbocycles. The molecule has 6 aromatic rings. The van der Waals surface area contributed by atoms with Gasteiger partial charge >= 0.3 is 0 Å². The molecule has 0 heterocycles. The Balaban J connectivity index is 0.927. The largest absolute Gasteiger partial charge is 0.314 e. The van der Waals surface area contributed by atoms with Crippen LogP contribution in [0.25, 0.3) is 22.8 Å². The van der Waals surface area contributed by atoms with E-state index in [9.17, 15) is 0 Å². The Bertz CT molecular complexity index is 2670. The first-order valence-electron chi connectivity index (χ1n) is 21.0. The highest BCUT2D eigenvalue weighted by atomic mass is 15.2. The average molecular weight is 751 g/mol. The topological polar surface area (TPSA) is 6.48 Å². The van der Waals surface area contributed by atoms with Crippen LogP contribution < -0.4 is 9.80 Å². The van der Waals surface area contributed by atoms with E-state index in [0.29, 0.717) is 0 Å². The summed E-state index contributed by atoms with van der Waals surface area (Å²) < 4.78 is 0. The smallest absolute Gasteiger partial charge is 0.0465 e. The fraction of sp³-hybridized carbons (Fsp3) is 0.179. The van der Waals surface area contributed by atoms with Crippen molar-refractivity contribution < 1.29 is 0 Å². The lowest BCUT2D eigenvalue weighted by atomic mass is 9.78. The molecule has 6 aromatic carbocycles. The van der Waals surface area contributed by atoms with E-state index in [0.717, 1.165) is 37.1 Å². The van der Waals surface area contributed by atoms with Crippen LogP contribution in [0.4, 0.5) is 28.4 Å². The van der Waals surface area contributed by atoms with Crippen molar-refractivity contribution in [2.45, 2.75) is 64.2 Å². The van der Waals surface area contributed by atoms with Crippen molar-refractivity contribution in [3.8, 4) is 11.1 Å². The highest BCUT2D eigenvalue weighted by Crippen LogP contribution is 2.53. The van der Waals surface area contributed by atoms with Gasteiger partial charge in [-0.2, -0.15) is 0 Å². The van der Waals surface area contributed by atoms with Crippen LogP contribution in [0.3, 0.4) is 0 Å². The Morgan fingerprint density at radius 3 is 1.66 bits per heavy atom. The molecule has 0 aromatic heterocycles. The molecule has 0 atom stereocenters. The van der Waals surface area contributed by atoms with Crippen LogP contribution in [-0.4, -0.2) is 0 Å². The van der Waals surface area contributed by atoms with Crippen LogP contribution in [0, 0.1) is 0 Å². The maximum atomic E-state index is 2.49. The highest BCUT2D eigenvalue weighted by Gasteiger charge is 2.39. The van der Waals surface area contributed by atoms with Gasteiger partial charge in [-0.3, -0.25) is 0 Å². The van der Waals surface area contributed by atoms with Crippen LogP contribution in [0.5, 0.6) is 0 Å². The number of benzene rings is 6. The number of fused-ring (bicyclic) bond motifs is 5. The van der Waals surface area contributed by atoms with E-state index in [2.05, 4.69) is 220 Å². The first kappa shape index (κ1) is 36.0. The monoisotopic (exact) mass is 750 g/mol. The van der Waals surface area contributed by atoms with Crippen molar-refractivity contribution in [2.75, 3.05) is 9.80 Å². The number of para-hydroxylation sites is 3. The lowest BCUT2D eigenvalue weighted by Crippen LogP contribution is -2.19. The summed E-state index contributed by atoms with van der Waals surface area (Å²) in [4.78, 5) is 4.82. The van der Waals surface area contributed by atoms with Gasteiger partial charge in [0.05, 0.1) is 0 Å².